The van der Waals surface area contributed by atoms with Crippen LogP contribution in [0.15, 0.2) is 0 Å². The highest BCUT2D eigenvalue weighted by molar-refractivity contribution is 5.13. The molecule has 0 saturated heterocycles. The zero-order valence-electron chi connectivity index (χ0n) is 10.5. The minimum atomic E-state index is -0.0444. The molecule has 0 bridgehead atoms. The maximum atomic E-state index is 5.70. The van der Waals surface area contributed by atoms with Crippen LogP contribution in [0.2, 0.25) is 0 Å². The molecule has 0 heterocycles. The molecular weight excluding hydrogens is 200 g/mol. The van der Waals surface area contributed by atoms with Gasteiger partial charge in [0.2, 0.25) is 0 Å². The first-order valence-corrected chi connectivity index (χ1v) is 5.49. The van der Waals surface area contributed by atoms with Gasteiger partial charge in [-0.3, -0.25) is 0 Å². The molecule has 0 atom stereocenters. The maximum absolute atomic E-state index is 5.70. The van der Waals surface area contributed by atoms with E-state index in [9.17, 15) is 0 Å². The van der Waals surface area contributed by atoms with E-state index >= 15 is 0 Å². The van der Waals surface area contributed by atoms with Gasteiger partial charge in [-0.15, -0.1) is 12.8 Å². The lowest BCUT2D eigenvalue weighted by Crippen LogP contribution is -2.69. The second-order valence-electron chi connectivity index (χ2n) is 5.43. The lowest BCUT2D eigenvalue weighted by molar-refractivity contribution is -0.275. The molecule has 0 unspecified atom stereocenters. The number of hydrogen-bond acceptors (Lipinski definition) is 2. The molecular formula is C14H20O2. The summed E-state index contributed by atoms with van der Waals surface area (Å²) in [6.07, 6.45) is 10.6. The Morgan fingerprint density at radius 1 is 0.875 bits per heavy atom. The summed E-state index contributed by atoms with van der Waals surface area (Å²) in [4.78, 5) is 0. The molecule has 0 aromatic heterocycles. The number of terminal acetylenes is 2. The van der Waals surface area contributed by atoms with Crippen molar-refractivity contribution in [1.82, 2.24) is 0 Å². The van der Waals surface area contributed by atoms with Gasteiger partial charge in [0.05, 0.1) is 12.2 Å². The highest BCUT2D eigenvalue weighted by atomic mass is 16.5. The summed E-state index contributed by atoms with van der Waals surface area (Å²) in [5, 5.41) is 0. The average molecular weight is 220 g/mol. The quantitative estimate of drug-likeness (QED) is 0.675. The monoisotopic (exact) mass is 220 g/mol. The lowest BCUT2D eigenvalue weighted by atomic mass is 9.51. The Labute approximate surface area is 98.7 Å². The van der Waals surface area contributed by atoms with Crippen LogP contribution in [0.3, 0.4) is 0 Å². The predicted octanol–water partition coefficient (Wildman–Crippen LogP) is 2.09. The summed E-state index contributed by atoms with van der Waals surface area (Å²) >= 11 is 0. The molecule has 2 nitrogen and oxygen atoms in total. The Morgan fingerprint density at radius 3 is 1.44 bits per heavy atom. The minimum absolute atomic E-state index is 0.0444. The molecule has 0 aliphatic heterocycles. The number of ether oxygens (including phenoxy) is 2. The summed E-state index contributed by atoms with van der Waals surface area (Å²) in [6, 6.07) is 0. The third kappa shape index (κ3) is 1.96. The van der Waals surface area contributed by atoms with Crippen molar-refractivity contribution in [2.24, 2.45) is 10.8 Å². The summed E-state index contributed by atoms with van der Waals surface area (Å²) in [5.41, 5.74) is -0.0889. The molecule has 1 rings (SSSR count). The Bertz CT molecular complexity index is 282. The van der Waals surface area contributed by atoms with Crippen LogP contribution in [-0.4, -0.2) is 25.4 Å². The molecule has 0 radical (unpaired) electrons. The third-order valence-corrected chi connectivity index (χ3v) is 3.37. The van der Waals surface area contributed by atoms with Gasteiger partial charge in [-0.25, -0.2) is 0 Å². The van der Waals surface area contributed by atoms with E-state index in [-0.39, 0.29) is 23.0 Å². The van der Waals surface area contributed by atoms with Crippen LogP contribution in [0.5, 0.6) is 0 Å². The molecule has 0 spiro atoms. The van der Waals surface area contributed by atoms with E-state index in [0.717, 1.165) is 0 Å². The first-order valence-electron chi connectivity index (χ1n) is 5.49. The van der Waals surface area contributed by atoms with Crippen molar-refractivity contribution in [3.8, 4) is 24.7 Å². The lowest BCUT2D eigenvalue weighted by Gasteiger charge is -2.62. The second kappa shape index (κ2) is 4.50. The SMILES string of the molecule is C#CCOC1C(C)(C)C(OCC#C)C1(C)C. The molecule has 0 N–H and O–H groups in total. The molecule has 1 aliphatic rings. The molecule has 0 aromatic rings. The smallest absolute Gasteiger partial charge is 0.107 e. The van der Waals surface area contributed by atoms with Gasteiger partial charge >= 0.3 is 0 Å². The number of rotatable bonds is 4. The molecule has 1 aliphatic carbocycles. The standard InChI is InChI=1S/C14H20O2/c1-7-9-15-11-13(3,4)12(14(11,5)6)16-10-8-2/h1-2,11-12H,9-10H2,3-6H3. The minimum Gasteiger partial charge on any atom is -0.364 e. The van der Waals surface area contributed by atoms with Crippen molar-refractivity contribution in [1.29, 1.82) is 0 Å². The van der Waals surface area contributed by atoms with E-state index in [0.29, 0.717) is 13.2 Å². The fourth-order valence-corrected chi connectivity index (χ4v) is 3.22. The van der Waals surface area contributed by atoms with Crippen molar-refractivity contribution in [2.75, 3.05) is 13.2 Å². The van der Waals surface area contributed by atoms with Gasteiger partial charge in [0.15, 0.2) is 0 Å². The summed E-state index contributed by atoms with van der Waals surface area (Å²) < 4.78 is 11.4. The largest absolute Gasteiger partial charge is 0.364 e. The van der Waals surface area contributed by atoms with Crippen molar-refractivity contribution >= 4 is 0 Å². The molecule has 16 heavy (non-hydrogen) atoms. The molecule has 88 valence electrons. The van der Waals surface area contributed by atoms with Crippen LogP contribution in [0.25, 0.3) is 0 Å². The van der Waals surface area contributed by atoms with Crippen LogP contribution in [0.4, 0.5) is 0 Å². The van der Waals surface area contributed by atoms with Crippen molar-refractivity contribution in [3.05, 3.63) is 0 Å². The molecule has 2 heteroatoms. The zero-order valence-corrected chi connectivity index (χ0v) is 10.5. The van der Waals surface area contributed by atoms with Crippen LogP contribution in [-0.2, 0) is 9.47 Å². The molecule has 0 aromatic carbocycles. The fraction of sp³-hybridized carbons (Fsp3) is 0.714. The first kappa shape index (κ1) is 13.1. The third-order valence-electron chi connectivity index (χ3n) is 3.37. The van der Waals surface area contributed by atoms with Crippen LogP contribution < -0.4 is 0 Å². The Balaban J connectivity index is 2.71. The van der Waals surface area contributed by atoms with E-state index in [2.05, 4.69) is 39.5 Å². The number of hydrogen-bond donors (Lipinski definition) is 0. The summed E-state index contributed by atoms with van der Waals surface area (Å²) in [6.45, 7) is 9.20. The highest BCUT2D eigenvalue weighted by Gasteiger charge is 2.63. The van der Waals surface area contributed by atoms with E-state index in [4.69, 9.17) is 22.3 Å². The fourth-order valence-electron chi connectivity index (χ4n) is 3.22. The van der Waals surface area contributed by atoms with Crippen LogP contribution in [0.1, 0.15) is 27.7 Å². The Hall–Kier alpha value is -0.960. The Kier molecular flexibility index (Phi) is 3.68. The second-order valence-corrected chi connectivity index (χ2v) is 5.43. The van der Waals surface area contributed by atoms with Gasteiger partial charge in [0.1, 0.15) is 13.2 Å². The van der Waals surface area contributed by atoms with Crippen LogP contribution >= 0.6 is 0 Å². The van der Waals surface area contributed by atoms with E-state index in [1.54, 1.807) is 0 Å². The summed E-state index contributed by atoms with van der Waals surface area (Å²) in [5.74, 6) is 5.01. The van der Waals surface area contributed by atoms with Gasteiger partial charge in [-0.2, -0.15) is 0 Å². The zero-order chi connectivity index (χ0) is 12.4. The van der Waals surface area contributed by atoms with E-state index in [1.165, 1.54) is 0 Å². The van der Waals surface area contributed by atoms with Crippen molar-refractivity contribution in [2.45, 2.75) is 39.9 Å². The van der Waals surface area contributed by atoms with Crippen LogP contribution in [0, 0.1) is 35.5 Å². The van der Waals surface area contributed by atoms with E-state index < -0.39 is 0 Å². The van der Waals surface area contributed by atoms with E-state index in [1.807, 2.05) is 0 Å². The molecule has 0 amide bonds. The van der Waals surface area contributed by atoms with Crippen molar-refractivity contribution < 1.29 is 9.47 Å². The van der Waals surface area contributed by atoms with Gasteiger partial charge in [0.25, 0.3) is 0 Å². The Morgan fingerprint density at radius 2 is 1.19 bits per heavy atom. The predicted molar refractivity (Wildman–Crippen MR) is 64.7 cm³/mol. The first-order chi connectivity index (χ1) is 7.39. The molecule has 1 fully saturated rings. The van der Waals surface area contributed by atoms with Gasteiger partial charge in [0, 0.05) is 10.8 Å². The van der Waals surface area contributed by atoms with Gasteiger partial charge in [-0.1, -0.05) is 39.5 Å². The van der Waals surface area contributed by atoms with Crippen molar-refractivity contribution in [3.63, 3.8) is 0 Å². The molecule has 1 saturated carbocycles. The normalized spacial score (nSPS) is 29.9. The summed E-state index contributed by atoms with van der Waals surface area (Å²) in [7, 11) is 0. The maximum Gasteiger partial charge on any atom is 0.107 e. The highest BCUT2D eigenvalue weighted by Crippen LogP contribution is 2.57. The van der Waals surface area contributed by atoms with Gasteiger partial charge < -0.3 is 9.47 Å². The van der Waals surface area contributed by atoms with Gasteiger partial charge in [-0.05, 0) is 0 Å². The average Bonchev–Trinajstić information content (AvgIpc) is 2.17. The topological polar surface area (TPSA) is 18.5 Å².